The lowest BCUT2D eigenvalue weighted by atomic mass is 10.0. The van der Waals surface area contributed by atoms with Crippen LogP contribution in [0.3, 0.4) is 0 Å². The quantitative estimate of drug-likeness (QED) is 0.393. The van der Waals surface area contributed by atoms with E-state index in [1.165, 1.54) is 5.56 Å². The molecule has 0 amide bonds. The smallest absolute Gasteiger partial charge is 0.223 e. The zero-order chi connectivity index (χ0) is 20.8. The topological polar surface area (TPSA) is 87.1 Å². The zero-order valence-corrected chi connectivity index (χ0v) is 16.9. The number of hydrogen-bond donors (Lipinski definition) is 0. The van der Waals surface area contributed by atoms with Crippen LogP contribution in [0.5, 0.6) is 0 Å². The molecule has 0 atom stereocenters. The standard InChI is InChI=1S/C22H24N4O3/c1-6-18(19(7-2)21-23-15(4)28-25-21)13-27-11-10-17-8-9-20(14(3)12-17)22-24-16(5)29-26-22/h6-9,12H,1-2,10-11,13H2,3-5H3. The SMILES string of the molecule is C=CC(COCCc1ccc(-c2noc(C)n2)c(C)c1)=C(C=C)c1noc(C)n1. The van der Waals surface area contributed by atoms with Gasteiger partial charge in [0, 0.05) is 25.0 Å². The van der Waals surface area contributed by atoms with Gasteiger partial charge in [-0.3, -0.25) is 0 Å². The maximum atomic E-state index is 5.86. The highest BCUT2D eigenvalue weighted by atomic mass is 16.5. The summed E-state index contributed by atoms with van der Waals surface area (Å²) in [6.45, 7) is 14.2. The minimum Gasteiger partial charge on any atom is -0.376 e. The van der Waals surface area contributed by atoms with E-state index in [-0.39, 0.29) is 0 Å². The Kier molecular flexibility index (Phi) is 6.51. The van der Waals surface area contributed by atoms with E-state index < -0.39 is 0 Å². The Morgan fingerprint density at radius 3 is 2.38 bits per heavy atom. The number of nitrogens with zero attached hydrogens (tertiary/aromatic N) is 4. The molecule has 150 valence electrons. The minimum atomic E-state index is 0.387. The van der Waals surface area contributed by atoms with Crippen LogP contribution in [-0.2, 0) is 11.2 Å². The van der Waals surface area contributed by atoms with Crippen molar-refractivity contribution in [3.63, 3.8) is 0 Å². The first-order valence-corrected chi connectivity index (χ1v) is 9.28. The fraction of sp³-hybridized carbons (Fsp3) is 0.273. The predicted molar refractivity (Wildman–Crippen MR) is 110 cm³/mol. The molecule has 3 aromatic rings. The first-order valence-electron chi connectivity index (χ1n) is 9.28. The van der Waals surface area contributed by atoms with E-state index in [0.29, 0.717) is 36.6 Å². The summed E-state index contributed by atoms with van der Waals surface area (Å²) in [6, 6.07) is 6.18. The maximum absolute atomic E-state index is 5.86. The second-order valence-electron chi connectivity index (χ2n) is 6.57. The number of aryl methyl sites for hydroxylation is 3. The fourth-order valence-corrected chi connectivity index (χ4v) is 2.93. The van der Waals surface area contributed by atoms with Crippen molar-refractivity contribution in [2.45, 2.75) is 27.2 Å². The van der Waals surface area contributed by atoms with Crippen molar-refractivity contribution in [2.24, 2.45) is 0 Å². The third kappa shape index (κ3) is 4.94. The molecular weight excluding hydrogens is 368 g/mol. The third-order valence-corrected chi connectivity index (χ3v) is 4.42. The zero-order valence-electron chi connectivity index (χ0n) is 16.9. The molecule has 29 heavy (non-hydrogen) atoms. The van der Waals surface area contributed by atoms with Crippen molar-refractivity contribution in [2.75, 3.05) is 13.2 Å². The van der Waals surface area contributed by atoms with Crippen LogP contribution in [0.15, 0.2) is 58.1 Å². The number of ether oxygens (including phenoxy) is 1. The van der Waals surface area contributed by atoms with Gasteiger partial charge in [0.2, 0.25) is 23.4 Å². The van der Waals surface area contributed by atoms with Crippen LogP contribution < -0.4 is 0 Å². The summed E-state index contributed by atoms with van der Waals surface area (Å²) < 4.78 is 16.0. The van der Waals surface area contributed by atoms with Crippen molar-refractivity contribution in [3.8, 4) is 11.4 Å². The highest BCUT2D eigenvalue weighted by Gasteiger charge is 2.11. The molecule has 2 heterocycles. The van der Waals surface area contributed by atoms with Crippen molar-refractivity contribution in [3.05, 3.63) is 77.8 Å². The number of aromatic nitrogens is 4. The van der Waals surface area contributed by atoms with Gasteiger partial charge in [0.05, 0.1) is 13.2 Å². The largest absolute Gasteiger partial charge is 0.376 e. The van der Waals surface area contributed by atoms with Gasteiger partial charge in [-0.1, -0.05) is 53.8 Å². The lowest BCUT2D eigenvalue weighted by Gasteiger charge is -2.09. The summed E-state index contributed by atoms with van der Waals surface area (Å²) in [5.41, 5.74) is 4.85. The van der Waals surface area contributed by atoms with Crippen LogP contribution in [0.2, 0.25) is 0 Å². The molecule has 7 heteroatoms. The number of rotatable bonds is 9. The molecule has 1 aromatic carbocycles. The Bertz CT molecular complexity index is 1050. The highest BCUT2D eigenvalue weighted by molar-refractivity contribution is 5.74. The second kappa shape index (κ2) is 9.25. The summed E-state index contributed by atoms with van der Waals surface area (Å²) in [7, 11) is 0. The molecule has 7 nitrogen and oxygen atoms in total. The first kappa shape index (κ1) is 20.4. The Labute approximate surface area is 169 Å². The van der Waals surface area contributed by atoms with Gasteiger partial charge in [0.1, 0.15) is 0 Å². The normalized spacial score (nSPS) is 12.0. The van der Waals surface area contributed by atoms with Gasteiger partial charge < -0.3 is 13.8 Å². The number of allylic oxidation sites excluding steroid dienone is 2. The van der Waals surface area contributed by atoms with E-state index >= 15 is 0 Å². The van der Waals surface area contributed by atoms with E-state index in [1.54, 1.807) is 26.0 Å². The van der Waals surface area contributed by atoms with Crippen LogP contribution in [0.25, 0.3) is 17.0 Å². The maximum Gasteiger partial charge on any atom is 0.223 e. The molecule has 0 aliphatic carbocycles. The summed E-state index contributed by atoms with van der Waals surface area (Å²) in [5.74, 6) is 2.15. The lowest BCUT2D eigenvalue weighted by Crippen LogP contribution is -2.04. The fourth-order valence-electron chi connectivity index (χ4n) is 2.93. The lowest BCUT2D eigenvalue weighted by molar-refractivity contribution is 0.161. The Hall–Kier alpha value is -3.32. The Balaban J connectivity index is 1.60. The van der Waals surface area contributed by atoms with Gasteiger partial charge >= 0.3 is 0 Å². The summed E-state index contributed by atoms with van der Waals surface area (Å²) in [4.78, 5) is 8.53. The van der Waals surface area contributed by atoms with Crippen LogP contribution in [0, 0.1) is 20.8 Å². The minimum absolute atomic E-state index is 0.387. The molecule has 0 bridgehead atoms. The predicted octanol–water partition coefficient (Wildman–Crippen LogP) is 4.43. The average Bonchev–Trinajstić information content (AvgIpc) is 3.32. The van der Waals surface area contributed by atoms with E-state index in [1.807, 2.05) is 13.0 Å². The monoisotopic (exact) mass is 392 g/mol. The van der Waals surface area contributed by atoms with E-state index in [2.05, 4.69) is 45.6 Å². The van der Waals surface area contributed by atoms with Gasteiger partial charge in [-0.15, -0.1) is 0 Å². The van der Waals surface area contributed by atoms with Crippen molar-refractivity contribution in [1.29, 1.82) is 0 Å². The molecule has 0 fully saturated rings. The molecule has 0 aliphatic heterocycles. The van der Waals surface area contributed by atoms with E-state index in [9.17, 15) is 0 Å². The molecule has 0 spiro atoms. The third-order valence-electron chi connectivity index (χ3n) is 4.42. The van der Waals surface area contributed by atoms with Crippen LogP contribution >= 0.6 is 0 Å². The molecular formula is C22H24N4O3. The molecule has 0 aliphatic rings. The van der Waals surface area contributed by atoms with Crippen LogP contribution in [0.1, 0.15) is 28.7 Å². The number of hydrogen-bond acceptors (Lipinski definition) is 7. The van der Waals surface area contributed by atoms with Gasteiger partial charge in [-0.05, 0) is 30.0 Å². The molecule has 0 saturated heterocycles. The van der Waals surface area contributed by atoms with E-state index in [4.69, 9.17) is 13.8 Å². The summed E-state index contributed by atoms with van der Waals surface area (Å²) in [6.07, 6.45) is 4.20. The molecule has 0 N–H and O–H groups in total. The Morgan fingerprint density at radius 2 is 1.79 bits per heavy atom. The van der Waals surface area contributed by atoms with Gasteiger partial charge in [-0.2, -0.15) is 9.97 Å². The number of benzene rings is 1. The molecule has 0 saturated carbocycles. The first-order chi connectivity index (χ1) is 14.0. The average molecular weight is 392 g/mol. The van der Waals surface area contributed by atoms with Gasteiger partial charge in [-0.25, -0.2) is 0 Å². The van der Waals surface area contributed by atoms with Gasteiger partial charge in [0.25, 0.3) is 0 Å². The van der Waals surface area contributed by atoms with E-state index in [0.717, 1.165) is 28.7 Å². The van der Waals surface area contributed by atoms with Crippen LogP contribution in [0.4, 0.5) is 0 Å². The summed E-state index contributed by atoms with van der Waals surface area (Å²) in [5, 5.41) is 7.92. The van der Waals surface area contributed by atoms with Gasteiger partial charge in [0.15, 0.2) is 0 Å². The van der Waals surface area contributed by atoms with Crippen molar-refractivity contribution >= 4 is 5.57 Å². The molecule has 0 unspecified atom stereocenters. The van der Waals surface area contributed by atoms with Crippen molar-refractivity contribution in [1.82, 2.24) is 20.3 Å². The summed E-state index contributed by atoms with van der Waals surface area (Å²) >= 11 is 0. The van der Waals surface area contributed by atoms with Crippen molar-refractivity contribution < 1.29 is 13.8 Å². The highest BCUT2D eigenvalue weighted by Crippen LogP contribution is 2.22. The Morgan fingerprint density at radius 1 is 1.03 bits per heavy atom. The molecule has 3 rings (SSSR count). The second-order valence-corrected chi connectivity index (χ2v) is 6.57. The molecule has 0 radical (unpaired) electrons. The molecule has 2 aromatic heterocycles. The van der Waals surface area contributed by atoms with Crippen LogP contribution in [-0.4, -0.2) is 33.5 Å².